The molecule has 2 rings (SSSR count). The summed E-state index contributed by atoms with van der Waals surface area (Å²) >= 11 is 0. The van der Waals surface area contributed by atoms with Crippen LogP contribution >= 0.6 is 0 Å². The molecule has 5 heteroatoms. The molecule has 0 spiro atoms. The van der Waals surface area contributed by atoms with Crippen molar-refractivity contribution in [2.75, 3.05) is 0 Å². The van der Waals surface area contributed by atoms with E-state index in [-0.39, 0.29) is 5.71 Å². The summed E-state index contributed by atoms with van der Waals surface area (Å²) in [5, 5.41) is 6.86. The maximum absolute atomic E-state index is 10.8. The lowest BCUT2D eigenvalue weighted by Gasteiger charge is -1.95. The van der Waals surface area contributed by atoms with Gasteiger partial charge in [0, 0.05) is 0 Å². The Hall–Kier alpha value is -1.65. The van der Waals surface area contributed by atoms with Gasteiger partial charge in [-0.3, -0.25) is 4.79 Å². The van der Waals surface area contributed by atoms with E-state index in [1.807, 2.05) is 0 Å². The van der Waals surface area contributed by atoms with Crippen LogP contribution in [0.15, 0.2) is 20.2 Å². The second-order valence-corrected chi connectivity index (χ2v) is 1.69. The molecule has 0 N–H and O–H groups in total. The molecule has 0 saturated carbocycles. The third-order valence-corrected chi connectivity index (χ3v) is 1.09. The average molecular weight is 133 g/mol. The van der Waals surface area contributed by atoms with E-state index in [2.05, 4.69) is 26.4 Å². The zero-order valence-electron chi connectivity index (χ0n) is 4.77. The Morgan fingerprint density at radius 3 is 3.20 bits per heavy atom. The van der Waals surface area contributed by atoms with Gasteiger partial charge in [0.1, 0.15) is 18.3 Å². The summed E-state index contributed by atoms with van der Waals surface area (Å²) in [5.41, 5.74) is 0.558. The molecular formula is C5HN4O. The molecule has 5 nitrogen and oxygen atoms in total. The van der Waals surface area contributed by atoms with Crippen molar-refractivity contribution in [2.45, 2.75) is 0 Å². The molecule has 0 atom stereocenters. The Balaban J connectivity index is 2.54. The van der Waals surface area contributed by atoms with Crippen molar-refractivity contribution in [1.29, 1.82) is 0 Å². The van der Waals surface area contributed by atoms with Crippen LogP contribution in [0.4, 0.5) is 0 Å². The van der Waals surface area contributed by atoms with E-state index in [0.717, 1.165) is 0 Å². The molecule has 2 aliphatic heterocycles. The molecule has 0 aromatic carbocycles. The molecule has 0 bridgehead atoms. The smallest absolute Gasteiger partial charge is 0.265 e. The molecule has 0 aromatic rings. The number of fused-ring (bicyclic) bond motifs is 1. The summed E-state index contributed by atoms with van der Waals surface area (Å²) in [5.74, 6) is -0.404. The Morgan fingerprint density at radius 1 is 1.50 bits per heavy atom. The van der Waals surface area contributed by atoms with Gasteiger partial charge in [-0.25, -0.2) is 4.99 Å². The lowest BCUT2D eigenvalue weighted by atomic mass is 10.2. The Morgan fingerprint density at radius 2 is 2.40 bits per heavy atom. The van der Waals surface area contributed by atoms with Gasteiger partial charge in [0.05, 0.1) is 0 Å². The highest BCUT2D eigenvalue weighted by Gasteiger charge is 2.22. The predicted octanol–water partition coefficient (Wildman–Crippen LogP) is -0.687. The molecular weight excluding hydrogens is 132 g/mol. The molecule has 47 valence electrons. The normalized spacial score (nSPS) is 20.6. The van der Waals surface area contributed by atoms with Crippen LogP contribution in [-0.4, -0.2) is 29.9 Å². The molecule has 0 unspecified atom stereocenters. The predicted molar refractivity (Wildman–Crippen MR) is 35.8 cm³/mol. The largest absolute Gasteiger partial charge is 0.301 e. The van der Waals surface area contributed by atoms with Crippen molar-refractivity contribution in [3.05, 3.63) is 0 Å². The number of carbonyl (C=O) groups excluding carboxylic acids is 1. The van der Waals surface area contributed by atoms with E-state index in [1.165, 1.54) is 6.34 Å². The molecule has 10 heavy (non-hydrogen) atoms. The minimum absolute atomic E-state index is 0.183. The molecule has 0 fully saturated rings. The fourth-order valence-corrected chi connectivity index (χ4v) is 0.657. The van der Waals surface area contributed by atoms with Crippen LogP contribution in [0.3, 0.4) is 0 Å². The summed E-state index contributed by atoms with van der Waals surface area (Å²) in [7, 11) is 0. The molecule has 0 aliphatic carbocycles. The molecule has 2 heterocycles. The number of hydrogen-bond donors (Lipinski definition) is 0. The first-order valence-electron chi connectivity index (χ1n) is 2.56. The third kappa shape index (κ3) is 0.540. The van der Waals surface area contributed by atoms with Gasteiger partial charge in [0.25, 0.3) is 0 Å². The summed E-state index contributed by atoms with van der Waals surface area (Å²) in [6, 6.07) is 0. The van der Waals surface area contributed by atoms with Crippen LogP contribution in [0.1, 0.15) is 0 Å². The standard InChI is InChI=1S/C5HN4O/c10-5-4-3(1-8-9-4)6-2-7-5/h2H. The fraction of sp³-hybridized carbons (Fsp3) is 0. The number of nitrogens with zero attached hydrogens (tertiary/aromatic N) is 4. The zero-order chi connectivity index (χ0) is 6.97. The summed E-state index contributed by atoms with van der Waals surface area (Å²) in [4.78, 5) is 17.9. The van der Waals surface area contributed by atoms with Crippen LogP contribution in [0.25, 0.3) is 0 Å². The van der Waals surface area contributed by atoms with E-state index in [1.54, 1.807) is 0 Å². The average Bonchev–Trinajstić information content (AvgIpc) is 2.36. The number of aliphatic imine (C=N–C) groups is 2. The van der Waals surface area contributed by atoms with Crippen molar-refractivity contribution >= 4 is 29.9 Å². The van der Waals surface area contributed by atoms with Gasteiger partial charge in [0.15, 0.2) is 5.71 Å². The highest BCUT2D eigenvalue weighted by Crippen LogP contribution is 1.99. The van der Waals surface area contributed by atoms with Crippen LogP contribution < -0.4 is 0 Å². The first kappa shape index (κ1) is 5.16. The number of amides is 1. The zero-order valence-corrected chi connectivity index (χ0v) is 4.77. The minimum Gasteiger partial charge on any atom is -0.265 e. The Labute approximate surface area is 55.9 Å². The van der Waals surface area contributed by atoms with Crippen molar-refractivity contribution in [3.63, 3.8) is 0 Å². The quantitative estimate of drug-likeness (QED) is 0.431. The van der Waals surface area contributed by atoms with E-state index in [0.29, 0.717) is 5.71 Å². The highest BCUT2D eigenvalue weighted by molar-refractivity contribution is 6.80. The lowest BCUT2D eigenvalue weighted by molar-refractivity contribution is -0.111. The molecule has 0 saturated heterocycles. The van der Waals surface area contributed by atoms with Gasteiger partial charge in [-0.15, -0.1) is 10.2 Å². The maximum atomic E-state index is 10.8. The first-order chi connectivity index (χ1) is 4.88. The van der Waals surface area contributed by atoms with Crippen molar-refractivity contribution in [1.82, 2.24) is 0 Å². The van der Waals surface area contributed by atoms with E-state index < -0.39 is 5.91 Å². The van der Waals surface area contributed by atoms with Crippen LogP contribution in [-0.2, 0) is 4.79 Å². The van der Waals surface area contributed by atoms with Gasteiger partial charge in [-0.2, -0.15) is 4.99 Å². The second-order valence-electron chi connectivity index (χ2n) is 1.69. The molecule has 0 aromatic heterocycles. The third-order valence-electron chi connectivity index (χ3n) is 1.09. The molecule has 1 amide bonds. The first-order valence-corrected chi connectivity index (χ1v) is 2.56. The van der Waals surface area contributed by atoms with Crippen molar-refractivity contribution in [3.8, 4) is 0 Å². The summed E-state index contributed by atoms with van der Waals surface area (Å²) < 4.78 is 0. The number of hydrogen-bond acceptors (Lipinski definition) is 4. The van der Waals surface area contributed by atoms with E-state index in [9.17, 15) is 4.79 Å². The monoisotopic (exact) mass is 133 g/mol. The lowest BCUT2D eigenvalue weighted by Crippen LogP contribution is -2.23. The van der Waals surface area contributed by atoms with Crippen molar-refractivity contribution < 1.29 is 4.79 Å². The number of carbonyl (C=O) groups is 1. The van der Waals surface area contributed by atoms with Crippen LogP contribution in [0.5, 0.6) is 0 Å². The van der Waals surface area contributed by atoms with Gasteiger partial charge in [-0.1, -0.05) is 0 Å². The topological polar surface area (TPSA) is 66.5 Å². The van der Waals surface area contributed by atoms with Gasteiger partial charge in [-0.05, 0) is 0 Å². The Bertz CT molecular complexity index is 304. The second kappa shape index (κ2) is 1.66. The van der Waals surface area contributed by atoms with E-state index >= 15 is 0 Å². The van der Waals surface area contributed by atoms with Gasteiger partial charge in [0.2, 0.25) is 0 Å². The Kier molecular flexibility index (Phi) is 0.858. The highest BCUT2D eigenvalue weighted by atomic mass is 16.1. The summed E-state index contributed by atoms with van der Waals surface area (Å²) in [6.07, 6.45) is 3.62. The maximum Gasteiger partial charge on any atom is 0.301 e. The SMILES string of the molecule is O=C1N=CN=C2[C]=NN=C12. The van der Waals surface area contributed by atoms with E-state index in [4.69, 9.17) is 0 Å². The fourth-order valence-electron chi connectivity index (χ4n) is 0.657. The van der Waals surface area contributed by atoms with Crippen LogP contribution in [0, 0.1) is 0 Å². The van der Waals surface area contributed by atoms with Crippen LogP contribution in [0.2, 0.25) is 0 Å². The molecule has 1 radical (unpaired) electrons. The summed E-state index contributed by atoms with van der Waals surface area (Å²) in [6.45, 7) is 0. The minimum atomic E-state index is -0.404. The van der Waals surface area contributed by atoms with Gasteiger partial charge >= 0.3 is 5.91 Å². The van der Waals surface area contributed by atoms with Gasteiger partial charge < -0.3 is 0 Å². The van der Waals surface area contributed by atoms with Crippen molar-refractivity contribution in [2.24, 2.45) is 20.2 Å². The number of rotatable bonds is 0. The molecule has 2 aliphatic rings.